The van der Waals surface area contributed by atoms with Crippen LogP contribution in [0.15, 0.2) is 17.4 Å². The molecule has 1 fully saturated rings. The molecule has 1 aliphatic heterocycles. The summed E-state index contributed by atoms with van der Waals surface area (Å²) in [4.78, 5) is 34.9. The molecule has 152 valence electrons. The highest BCUT2D eigenvalue weighted by atomic mass is 16.6. The first-order valence-corrected chi connectivity index (χ1v) is 9.42. The van der Waals surface area contributed by atoms with Gasteiger partial charge in [0.25, 0.3) is 0 Å². The van der Waals surface area contributed by atoms with Crippen LogP contribution in [0.5, 0.6) is 0 Å². The summed E-state index contributed by atoms with van der Waals surface area (Å²) >= 11 is 0. The highest BCUT2D eigenvalue weighted by molar-refractivity contribution is 6.35. The van der Waals surface area contributed by atoms with Gasteiger partial charge in [0.2, 0.25) is 0 Å². The minimum Gasteiger partial charge on any atom is -0.435 e. The van der Waals surface area contributed by atoms with Crippen LogP contribution < -0.4 is 16.1 Å². The molecule has 1 spiro atoms. The SMILES string of the molecule is CNC(=O)C(=O)N[C@@H](C)CC1CCC2(CC1)OC(=O)NN=C2c1ccnn1C. The van der Waals surface area contributed by atoms with Gasteiger partial charge in [0.1, 0.15) is 5.71 Å². The Morgan fingerprint density at radius 1 is 1.39 bits per heavy atom. The standard InChI is InChI=1S/C18H26N6O4/c1-11(21-16(26)15(25)19-2)10-12-4-7-18(8-5-12)14(22-23-17(27)28-18)13-6-9-20-24(13)3/h6,9,11-12H,4-5,7-8,10H2,1-3H3,(H,19,25)(H,21,26)(H,23,27)/t11-,12?,18?/m0/s1. The molecule has 3 amide bonds. The van der Waals surface area contributed by atoms with E-state index in [4.69, 9.17) is 4.74 Å². The molecule has 28 heavy (non-hydrogen) atoms. The Balaban J connectivity index is 1.64. The molecule has 0 bridgehead atoms. The Labute approximate surface area is 163 Å². The molecule has 0 aromatic carbocycles. The zero-order chi connectivity index (χ0) is 20.3. The van der Waals surface area contributed by atoms with Crippen LogP contribution in [0.2, 0.25) is 0 Å². The first-order valence-electron chi connectivity index (χ1n) is 9.42. The van der Waals surface area contributed by atoms with Gasteiger partial charge in [-0.2, -0.15) is 10.2 Å². The van der Waals surface area contributed by atoms with Crippen molar-refractivity contribution in [1.82, 2.24) is 25.8 Å². The minimum atomic E-state index is -0.763. The summed E-state index contributed by atoms with van der Waals surface area (Å²) in [7, 11) is 3.25. The molecule has 0 saturated heterocycles. The molecule has 2 heterocycles. The fraction of sp³-hybridized carbons (Fsp3) is 0.611. The van der Waals surface area contributed by atoms with E-state index in [1.807, 2.05) is 20.0 Å². The lowest BCUT2D eigenvalue weighted by Crippen LogP contribution is -2.53. The van der Waals surface area contributed by atoms with Crippen LogP contribution in [0.4, 0.5) is 4.79 Å². The summed E-state index contributed by atoms with van der Waals surface area (Å²) in [6.45, 7) is 1.89. The highest BCUT2D eigenvalue weighted by Crippen LogP contribution is 2.40. The number of aromatic nitrogens is 2. The van der Waals surface area contributed by atoms with Crippen molar-refractivity contribution in [1.29, 1.82) is 0 Å². The molecule has 1 saturated carbocycles. The van der Waals surface area contributed by atoms with E-state index in [0.29, 0.717) is 24.5 Å². The molecular formula is C18H26N6O4. The predicted octanol–water partition coefficient (Wildman–Crippen LogP) is 0.434. The van der Waals surface area contributed by atoms with Crippen molar-refractivity contribution in [2.24, 2.45) is 18.1 Å². The van der Waals surface area contributed by atoms with Crippen molar-refractivity contribution in [3.8, 4) is 0 Å². The van der Waals surface area contributed by atoms with Gasteiger partial charge in [-0.05, 0) is 51.0 Å². The van der Waals surface area contributed by atoms with E-state index in [2.05, 4.69) is 26.3 Å². The van der Waals surface area contributed by atoms with Crippen molar-refractivity contribution in [3.05, 3.63) is 18.0 Å². The number of hydrogen-bond donors (Lipinski definition) is 3. The van der Waals surface area contributed by atoms with E-state index in [-0.39, 0.29) is 6.04 Å². The number of carbonyl (C=O) groups is 3. The number of hydrogen-bond acceptors (Lipinski definition) is 6. The average Bonchev–Trinajstić information content (AvgIpc) is 3.08. The van der Waals surface area contributed by atoms with Gasteiger partial charge < -0.3 is 15.4 Å². The predicted molar refractivity (Wildman–Crippen MR) is 100 cm³/mol. The minimum absolute atomic E-state index is 0.121. The number of nitrogens with zero attached hydrogens (tertiary/aromatic N) is 3. The zero-order valence-corrected chi connectivity index (χ0v) is 16.3. The van der Waals surface area contributed by atoms with Crippen LogP contribution in [-0.2, 0) is 21.4 Å². The van der Waals surface area contributed by atoms with Gasteiger partial charge in [0, 0.05) is 26.3 Å². The van der Waals surface area contributed by atoms with Gasteiger partial charge >= 0.3 is 17.9 Å². The molecule has 3 rings (SSSR count). The van der Waals surface area contributed by atoms with Crippen molar-refractivity contribution in [3.63, 3.8) is 0 Å². The molecule has 0 radical (unpaired) electrons. The third kappa shape index (κ3) is 4.00. The Kier molecular flexibility index (Phi) is 5.66. The Bertz CT molecular complexity index is 794. The van der Waals surface area contributed by atoms with E-state index in [1.54, 1.807) is 10.9 Å². The summed E-state index contributed by atoms with van der Waals surface area (Å²) in [6.07, 6.45) is 4.83. The molecular weight excluding hydrogens is 364 g/mol. The van der Waals surface area contributed by atoms with Crippen LogP contribution in [0, 0.1) is 5.92 Å². The fourth-order valence-corrected chi connectivity index (χ4v) is 4.03. The number of rotatable bonds is 4. The molecule has 10 heteroatoms. The topological polar surface area (TPSA) is 127 Å². The van der Waals surface area contributed by atoms with Crippen LogP contribution in [0.25, 0.3) is 0 Å². The number of aryl methyl sites for hydroxylation is 1. The van der Waals surface area contributed by atoms with Crippen LogP contribution >= 0.6 is 0 Å². The molecule has 3 N–H and O–H groups in total. The molecule has 10 nitrogen and oxygen atoms in total. The lowest BCUT2D eigenvalue weighted by Gasteiger charge is -2.42. The van der Waals surface area contributed by atoms with Crippen molar-refractivity contribution in [2.45, 2.75) is 50.7 Å². The number of nitrogens with one attached hydrogen (secondary N) is 3. The van der Waals surface area contributed by atoms with Crippen molar-refractivity contribution >= 4 is 23.6 Å². The average molecular weight is 390 g/mol. The summed E-state index contributed by atoms with van der Waals surface area (Å²) < 4.78 is 7.44. The van der Waals surface area contributed by atoms with Crippen molar-refractivity contribution in [2.75, 3.05) is 7.05 Å². The smallest absolute Gasteiger partial charge is 0.428 e. The molecule has 1 aliphatic carbocycles. The third-order valence-corrected chi connectivity index (χ3v) is 5.45. The molecule has 1 aromatic heterocycles. The van der Waals surface area contributed by atoms with E-state index >= 15 is 0 Å². The summed E-state index contributed by atoms with van der Waals surface area (Å²) in [6, 6.07) is 1.73. The first-order chi connectivity index (χ1) is 13.3. The van der Waals surface area contributed by atoms with Crippen LogP contribution in [0.1, 0.15) is 44.7 Å². The van der Waals surface area contributed by atoms with E-state index < -0.39 is 23.5 Å². The van der Waals surface area contributed by atoms with Crippen LogP contribution in [0.3, 0.4) is 0 Å². The lowest BCUT2D eigenvalue weighted by atomic mass is 9.73. The van der Waals surface area contributed by atoms with Gasteiger partial charge in [0.05, 0.1) is 5.69 Å². The zero-order valence-electron chi connectivity index (χ0n) is 16.3. The number of ether oxygens (including phenoxy) is 1. The first kappa shape index (κ1) is 19.8. The monoisotopic (exact) mass is 390 g/mol. The van der Waals surface area contributed by atoms with Crippen LogP contribution in [-0.4, -0.2) is 52.1 Å². The lowest BCUT2D eigenvalue weighted by molar-refractivity contribution is -0.139. The second kappa shape index (κ2) is 7.99. The number of carbonyl (C=O) groups excluding carboxylic acids is 3. The van der Waals surface area contributed by atoms with Crippen molar-refractivity contribution < 1.29 is 19.1 Å². The van der Waals surface area contributed by atoms with E-state index in [9.17, 15) is 14.4 Å². The van der Waals surface area contributed by atoms with E-state index in [1.165, 1.54) is 7.05 Å². The van der Waals surface area contributed by atoms with Gasteiger partial charge in [0.15, 0.2) is 5.60 Å². The maximum Gasteiger partial charge on any atom is 0.428 e. The second-order valence-corrected chi connectivity index (χ2v) is 7.43. The molecule has 0 unspecified atom stereocenters. The molecule has 1 aromatic rings. The van der Waals surface area contributed by atoms with Gasteiger partial charge in [-0.1, -0.05) is 0 Å². The second-order valence-electron chi connectivity index (χ2n) is 7.43. The maximum absolute atomic E-state index is 11.9. The fourth-order valence-electron chi connectivity index (χ4n) is 4.03. The van der Waals surface area contributed by atoms with Gasteiger partial charge in [-0.25, -0.2) is 10.2 Å². The maximum atomic E-state index is 11.9. The summed E-state index contributed by atoms with van der Waals surface area (Å²) in [5.74, 6) is -0.916. The number of amides is 3. The Hall–Kier alpha value is -2.91. The molecule has 2 aliphatic rings. The number of likely N-dealkylation sites (N-methyl/N-ethyl adjacent to an activating group) is 1. The normalized spacial score (nSPS) is 25.3. The summed E-state index contributed by atoms with van der Waals surface area (Å²) in [5.41, 5.74) is 3.13. The highest BCUT2D eigenvalue weighted by Gasteiger charge is 2.47. The molecule has 1 atom stereocenters. The quantitative estimate of drug-likeness (QED) is 0.643. The third-order valence-electron chi connectivity index (χ3n) is 5.45. The number of hydrazone groups is 1. The Morgan fingerprint density at radius 3 is 2.71 bits per heavy atom. The largest absolute Gasteiger partial charge is 0.435 e. The summed E-state index contributed by atoms with van der Waals surface area (Å²) in [5, 5.41) is 13.5. The van der Waals surface area contributed by atoms with Gasteiger partial charge in [-0.15, -0.1) is 0 Å². The van der Waals surface area contributed by atoms with Gasteiger partial charge in [-0.3, -0.25) is 14.3 Å². The Morgan fingerprint density at radius 2 is 2.11 bits per heavy atom. The van der Waals surface area contributed by atoms with E-state index in [0.717, 1.165) is 25.0 Å².